The number of nitrogens with one attached hydrogen (secondary N) is 1. The molecule has 88 valence electrons. The van der Waals surface area contributed by atoms with Gasteiger partial charge in [0.25, 0.3) is 0 Å². The molecule has 2 aromatic carbocycles. The molecule has 2 nitrogen and oxygen atoms in total. The van der Waals surface area contributed by atoms with Crippen molar-refractivity contribution in [1.29, 1.82) is 0 Å². The third-order valence-corrected chi connectivity index (χ3v) is 2.69. The van der Waals surface area contributed by atoms with Gasteiger partial charge in [0.1, 0.15) is 0 Å². The van der Waals surface area contributed by atoms with Gasteiger partial charge in [-0.05, 0) is 23.8 Å². The van der Waals surface area contributed by atoms with E-state index in [1.807, 2.05) is 23.5 Å². The molecule has 0 atom stereocenters. The van der Waals surface area contributed by atoms with Crippen molar-refractivity contribution in [2.75, 3.05) is 11.9 Å². The van der Waals surface area contributed by atoms with Crippen molar-refractivity contribution in [2.24, 2.45) is 0 Å². The average Bonchev–Trinajstić information content (AvgIpc) is 2.39. The van der Waals surface area contributed by atoms with Crippen molar-refractivity contribution in [2.45, 2.75) is 6.42 Å². The molecule has 2 rings (SSSR count). The number of benzene rings is 2. The number of rotatable bonds is 5. The van der Waals surface area contributed by atoms with E-state index in [1.165, 1.54) is 11.3 Å². The SMILES string of the molecule is [CH2-][NH2+]CCc1ccccc1Nc1ccccc1. The number of hydrogen-bond donors (Lipinski definition) is 2. The molecule has 2 aromatic rings. The van der Waals surface area contributed by atoms with Crippen molar-refractivity contribution in [3.8, 4) is 0 Å². The number of para-hydroxylation sites is 2. The summed E-state index contributed by atoms with van der Waals surface area (Å²) < 4.78 is 0. The van der Waals surface area contributed by atoms with Crippen LogP contribution in [0.1, 0.15) is 5.56 Å². The monoisotopic (exact) mass is 226 g/mol. The summed E-state index contributed by atoms with van der Waals surface area (Å²) in [5, 5.41) is 5.40. The Morgan fingerprint density at radius 1 is 0.941 bits per heavy atom. The quantitative estimate of drug-likeness (QED) is 0.753. The summed E-state index contributed by atoms with van der Waals surface area (Å²) in [5.41, 5.74) is 3.63. The van der Waals surface area contributed by atoms with Crippen LogP contribution in [-0.2, 0) is 6.42 Å². The van der Waals surface area contributed by atoms with Gasteiger partial charge in [0.15, 0.2) is 0 Å². The lowest BCUT2D eigenvalue weighted by Gasteiger charge is -2.11. The van der Waals surface area contributed by atoms with E-state index in [0.717, 1.165) is 18.7 Å². The Balaban J connectivity index is 2.15. The third kappa shape index (κ3) is 3.33. The Morgan fingerprint density at radius 2 is 1.65 bits per heavy atom. The van der Waals surface area contributed by atoms with Crippen LogP contribution in [0.3, 0.4) is 0 Å². The van der Waals surface area contributed by atoms with Crippen LogP contribution in [-0.4, -0.2) is 6.54 Å². The maximum absolute atomic E-state index is 3.77. The van der Waals surface area contributed by atoms with E-state index in [1.54, 1.807) is 0 Å². The normalized spacial score (nSPS) is 10.2. The Bertz CT molecular complexity index is 451. The van der Waals surface area contributed by atoms with Crippen LogP contribution in [0.2, 0.25) is 0 Å². The molecule has 2 heteroatoms. The first kappa shape index (κ1) is 11.7. The van der Waals surface area contributed by atoms with E-state index >= 15 is 0 Å². The molecule has 0 bridgehead atoms. The molecule has 0 saturated carbocycles. The molecule has 0 aromatic heterocycles. The van der Waals surface area contributed by atoms with E-state index in [-0.39, 0.29) is 0 Å². The zero-order valence-corrected chi connectivity index (χ0v) is 9.89. The fraction of sp³-hybridized carbons (Fsp3) is 0.133. The summed E-state index contributed by atoms with van der Waals surface area (Å²) in [6.45, 7) is 1.01. The average molecular weight is 226 g/mol. The molecule has 0 heterocycles. The van der Waals surface area contributed by atoms with Crippen LogP contribution in [0.25, 0.3) is 0 Å². The van der Waals surface area contributed by atoms with Crippen molar-refractivity contribution < 1.29 is 5.32 Å². The van der Waals surface area contributed by atoms with Crippen LogP contribution in [0, 0.1) is 7.05 Å². The second-order valence-electron chi connectivity index (χ2n) is 3.98. The molecule has 0 unspecified atom stereocenters. The molecule has 0 spiro atoms. The van der Waals surface area contributed by atoms with E-state index < -0.39 is 0 Å². The predicted molar refractivity (Wildman–Crippen MR) is 72.0 cm³/mol. The van der Waals surface area contributed by atoms with Gasteiger partial charge in [-0.3, -0.25) is 0 Å². The Labute approximate surface area is 103 Å². The zero-order chi connectivity index (χ0) is 11.9. The lowest BCUT2D eigenvalue weighted by molar-refractivity contribution is -0.594. The fourth-order valence-corrected chi connectivity index (χ4v) is 1.79. The van der Waals surface area contributed by atoms with Gasteiger partial charge in [0, 0.05) is 17.8 Å². The van der Waals surface area contributed by atoms with Gasteiger partial charge in [-0.15, -0.1) is 0 Å². The predicted octanol–water partition coefficient (Wildman–Crippen LogP) is 2.33. The number of hydrogen-bond acceptors (Lipinski definition) is 1. The third-order valence-electron chi connectivity index (χ3n) is 2.69. The minimum atomic E-state index is 1.01. The summed E-state index contributed by atoms with van der Waals surface area (Å²) in [4.78, 5) is 0. The standard InChI is InChI=1S/C15H18N2/c1-16-12-11-13-7-5-6-10-15(13)17-14-8-3-2-4-9-14/h2-10,17H,1,11-12,16H2. The molecular weight excluding hydrogens is 208 g/mol. The first-order chi connectivity index (χ1) is 8.40. The second-order valence-corrected chi connectivity index (χ2v) is 3.98. The van der Waals surface area contributed by atoms with Crippen molar-refractivity contribution in [3.05, 3.63) is 67.2 Å². The number of quaternary nitrogens is 1. The molecule has 17 heavy (non-hydrogen) atoms. The summed E-state index contributed by atoms with van der Waals surface area (Å²) in [6.07, 6.45) is 1.03. The van der Waals surface area contributed by atoms with Crippen LogP contribution in [0.5, 0.6) is 0 Å². The van der Waals surface area contributed by atoms with E-state index in [4.69, 9.17) is 0 Å². The molecule has 0 aliphatic carbocycles. The van der Waals surface area contributed by atoms with Gasteiger partial charge >= 0.3 is 0 Å². The van der Waals surface area contributed by atoms with Gasteiger partial charge in [0.05, 0.1) is 6.54 Å². The largest absolute Gasteiger partial charge is 0.479 e. The highest BCUT2D eigenvalue weighted by Crippen LogP contribution is 2.20. The first-order valence-corrected chi connectivity index (χ1v) is 5.91. The highest BCUT2D eigenvalue weighted by molar-refractivity contribution is 5.62. The van der Waals surface area contributed by atoms with Gasteiger partial charge in [-0.1, -0.05) is 36.4 Å². The lowest BCUT2D eigenvalue weighted by atomic mass is 10.1. The molecule has 0 aliphatic heterocycles. The van der Waals surface area contributed by atoms with Gasteiger partial charge in [-0.2, -0.15) is 7.05 Å². The van der Waals surface area contributed by atoms with Crippen LogP contribution in [0.15, 0.2) is 54.6 Å². The van der Waals surface area contributed by atoms with Gasteiger partial charge < -0.3 is 10.6 Å². The van der Waals surface area contributed by atoms with Gasteiger partial charge in [0.2, 0.25) is 0 Å². The molecule has 3 N–H and O–H groups in total. The lowest BCUT2D eigenvalue weighted by Crippen LogP contribution is -2.77. The highest BCUT2D eigenvalue weighted by atomic mass is 14.9. The number of anilines is 2. The summed E-state index contributed by atoms with van der Waals surface area (Å²) >= 11 is 0. The minimum absolute atomic E-state index is 1.01. The molecule has 0 saturated heterocycles. The smallest absolute Gasteiger partial charge is 0.0557 e. The first-order valence-electron chi connectivity index (χ1n) is 5.91. The second kappa shape index (κ2) is 6.06. The summed E-state index contributed by atoms with van der Waals surface area (Å²) in [7, 11) is 3.77. The van der Waals surface area contributed by atoms with Crippen molar-refractivity contribution in [1.82, 2.24) is 0 Å². The fourth-order valence-electron chi connectivity index (χ4n) is 1.79. The van der Waals surface area contributed by atoms with Crippen LogP contribution < -0.4 is 10.6 Å². The van der Waals surface area contributed by atoms with Crippen LogP contribution in [0.4, 0.5) is 11.4 Å². The van der Waals surface area contributed by atoms with Gasteiger partial charge in [-0.25, -0.2) is 0 Å². The van der Waals surface area contributed by atoms with Crippen molar-refractivity contribution >= 4 is 11.4 Å². The maximum Gasteiger partial charge on any atom is 0.0557 e. The van der Waals surface area contributed by atoms with Crippen molar-refractivity contribution in [3.63, 3.8) is 0 Å². The minimum Gasteiger partial charge on any atom is -0.479 e. The summed E-state index contributed by atoms with van der Waals surface area (Å²) in [6, 6.07) is 18.7. The van der Waals surface area contributed by atoms with Crippen LogP contribution >= 0.6 is 0 Å². The Kier molecular flexibility index (Phi) is 4.17. The van der Waals surface area contributed by atoms with E-state index in [9.17, 15) is 0 Å². The zero-order valence-electron chi connectivity index (χ0n) is 9.89. The molecular formula is C15H18N2. The number of nitrogens with two attached hydrogens (primary N) is 1. The molecule has 0 amide bonds. The highest BCUT2D eigenvalue weighted by Gasteiger charge is 2.01. The molecule has 0 fully saturated rings. The maximum atomic E-state index is 3.77. The summed E-state index contributed by atoms with van der Waals surface area (Å²) in [5.74, 6) is 0. The molecule has 0 aliphatic rings. The Hall–Kier alpha value is -1.80. The Morgan fingerprint density at radius 3 is 2.41 bits per heavy atom. The topological polar surface area (TPSA) is 28.6 Å². The van der Waals surface area contributed by atoms with E-state index in [2.05, 4.69) is 48.8 Å². The molecule has 0 radical (unpaired) electrons. The van der Waals surface area contributed by atoms with E-state index in [0.29, 0.717) is 0 Å².